The van der Waals surface area contributed by atoms with Crippen LogP contribution in [0, 0.1) is 0 Å². The van der Waals surface area contributed by atoms with Gasteiger partial charge in [-0.05, 0) is 32.9 Å². The normalized spacial score (nSPS) is 10.5. The number of carbonyl (C=O) groups excluding carboxylic acids is 1. The monoisotopic (exact) mass is 256 g/mol. The number of pyridine rings is 1. The van der Waals surface area contributed by atoms with Crippen LogP contribution in [-0.2, 0) is 4.74 Å². The van der Waals surface area contributed by atoms with Crippen molar-refractivity contribution in [3.63, 3.8) is 0 Å². The van der Waals surface area contributed by atoms with Crippen LogP contribution in [0.1, 0.15) is 31.3 Å². The van der Waals surface area contributed by atoms with Crippen molar-refractivity contribution in [2.75, 3.05) is 18.6 Å². The molecule has 1 rings (SSSR count). The molecule has 0 spiro atoms. The van der Waals surface area contributed by atoms with E-state index in [1.807, 2.05) is 6.92 Å². The van der Waals surface area contributed by atoms with E-state index in [1.165, 1.54) is 13.2 Å². The second kappa shape index (κ2) is 5.87. The van der Waals surface area contributed by atoms with Crippen LogP contribution in [0.5, 0.6) is 0 Å². The van der Waals surface area contributed by atoms with E-state index in [9.17, 15) is 4.79 Å². The van der Waals surface area contributed by atoms with Crippen LogP contribution in [0.25, 0.3) is 0 Å². The first-order chi connectivity index (χ1) is 7.99. The Morgan fingerprint density at radius 2 is 2.18 bits per heavy atom. The summed E-state index contributed by atoms with van der Waals surface area (Å²) in [7, 11) is 1.32. The van der Waals surface area contributed by atoms with Gasteiger partial charge in [-0.2, -0.15) is 0 Å². The van der Waals surface area contributed by atoms with Crippen molar-refractivity contribution in [3.05, 3.63) is 22.8 Å². The van der Waals surface area contributed by atoms with E-state index in [1.54, 1.807) is 6.07 Å². The molecule has 0 bridgehead atoms. The summed E-state index contributed by atoms with van der Waals surface area (Å²) in [6.07, 6.45) is 0. The molecule has 5 heteroatoms. The molecule has 0 saturated carbocycles. The first kappa shape index (κ1) is 13.8. The number of anilines is 1. The minimum absolute atomic E-state index is 0.231. The molecular weight excluding hydrogens is 240 g/mol. The predicted molar refractivity (Wildman–Crippen MR) is 68.7 cm³/mol. The average Bonchev–Trinajstić information content (AvgIpc) is 2.27. The zero-order valence-corrected chi connectivity index (χ0v) is 11.3. The fourth-order valence-electron chi connectivity index (χ4n) is 1.63. The van der Waals surface area contributed by atoms with E-state index in [2.05, 4.69) is 28.5 Å². The number of rotatable bonds is 4. The summed E-state index contributed by atoms with van der Waals surface area (Å²) in [6.45, 7) is 6.94. The first-order valence-electron chi connectivity index (χ1n) is 5.52. The van der Waals surface area contributed by atoms with Crippen molar-refractivity contribution in [2.24, 2.45) is 0 Å². The predicted octanol–water partition coefficient (Wildman–Crippen LogP) is 2.76. The zero-order valence-electron chi connectivity index (χ0n) is 10.5. The van der Waals surface area contributed by atoms with Crippen LogP contribution in [0.2, 0.25) is 5.02 Å². The van der Waals surface area contributed by atoms with E-state index in [0.29, 0.717) is 10.8 Å². The Labute approximate surface area is 107 Å². The van der Waals surface area contributed by atoms with Crippen molar-refractivity contribution >= 4 is 23.4 Å². The second-order valence-electron chi connectivity index (χ2n) is 3.90. The number of hydrogen-bond donors (Lipinski definition) is 0. The van der Waals surface area contributed by atoms with E-state index in [-0.39, 0.29) is 11.7 Å². The van der Waals surface area contributed by atoms with Gasteiger partial charge in [0.2, 0.25) is 0 Å². The highest BCUT2D eigenvalue weighted by Crippen LogP contribution is 2.21. The first-order valence-corrected chi connectivity index (χ1v) is 5.90. The second-order valence-corrected chi connectivity index (χ2v) is 4.34. The maximum absolute atomic E-state index is 11.4. The molecule has 17 heavy (non-hydrogen) atoms. The van der Waals surface area contributed by atoms with Gasteiger partial charge in [-0.3, -0.25) is 0 Å². The minimum Gasteiger partial charge on any atom is -0.464 e. The van der Waals surface area contributed by atoms with Crippen LogP contribution in [-0.4, -0.2) is 30.6 Å². The van der Waals surface area contributed by atoms with Crippen LogP contribution in [0.15, 0.2) is 12.1 Å². The number of carbonyl (C=O) groups is 1. The summed E-state index contributed by atoms with van der Waals surface area (Å²) in [5.41, 5.74) is 0.231. The molecule has 0 fully saturated rings. The highest BCUT2D eigenvalue weighted by Gasteiger charge is 2.15. The highest BCUT2D eigenvalue weighted by molar-refractivity contribution is 6.31. The summed E-state index contributed by atoms with van der Waals surface area (Å²) >= 11 is 5.98. The standard InChI is InChI=1S/C12H17ClN2O2/c1-5-15(8(2)3)11-7-9(13)6-10(14-11)12(16)17-4/h6-8H,5H2,1-4H3. The van der Waals surface area contributed by atoms with Gasteiger partial charge in [0, 0.05) is 17.6 Å². The maximum atomic E-state index is 11.4. The number of halogens is 1. The summed E-state index contributed by atoms with van der Waals surface area (Å²) in [5.74, 6) is 0.212. The van der Waals surface area contributed by atoms with E-state index >= 15 is 0 Å². The molecule has 1 aromatic heterocycles. The third-order valence-electron chi connectivity index (χ3n) is 2.43. The minimum atomic E-state index is -0.478. The summed E-state index contributed by atoms with van der Waals surface area (Å²) in [4.78, 5) is 17.8. The Hall–Kier alpha value is -1.29. The van der Waals surface area contributed by atoms with Gasteiger partial charge in [-0.15, -0.1) is 0 Å². The topological polar surface area (TPSA) is 42.4 Å². The van der Waals surface area contributed by atoms with Crippen LogP contribution < -0.4 is 4.90 Å². The lowest BCUT2D eigenvalue weighted by Crippen LogP contribution is -2.31. The van der Waals surface area contributed by atoms with Crippen molar-refractivity contribution in [3.8, 4) is 0 Å². The highest BCUT2D eigenvalue weighted by atomic mass is 35.5. The molecule has 0 radical (unpaired) electrons. The molecule has 0 N–H and O–H groups in total. The fraction of sp³-hybridized carbons (Fsp3) is 0.500. The van der Waals surface area contributed by atoms with Gasteiger partial charge in [-0.25, -0.2) is 9.78 Å². The third kappa shape index (κ3) is 3.33. The molecule has 0 aliphatic heterocycles. The van der Waals surface area contributed by atoms with Crippen LogP contribution in [0.4, 0.5) is 5.82 Å². The van der Waals surface area contributed by atoms with E-state index < -0.39 is 5.97 Å². The van der Waals surface area contributed by atoms with Crippen molar-refractivity contribution in [1.82, 2.24) is 4.98 Å². The molecule has 0 unspecified atom stereocenters. The summed E-state index contributed by atoms with van der Waals surface area (Å²) in [6, 6.07) is 3.54. The molecule has 4 nitrogen and oxygen atoms in total. The van der Waals surface area contributed by atoms with Crippen molar-refractivity contribution in [1.29, 1.82) is 0 Å². The van der Waals surface area contributed by atoms with Gasteiger partial charge < -0.3 is 9.64 Å². The largest absolute Gasteiger partial charge is 0.464 e. The fourth-order valence-corrected chi connectivity index (χ4v) is 1.83. The van der Waals surface area contributed by atoms with Gasteiger partial charge in [0.05, 0.1) is 7.11 Å². The molecule has 0 aromatic carbocycles. The molecule has 0 atom stereocenters. The number of methoxy groups -OCH3 is 1. The average molecular weight is 257 g/mol. The molecule has 94 valence electrons. The lowest BCUT2D eigenvalue weighted by molar-refractivity contribution is 0.0594. The van der Waals surface area contributed by atoms with Crippen molar-refractivity contribution in [2.45, 2.75) is 26.8 Å². The Bertz CT molecular complexity index is 407. The Kier molecular flexibility index (Phi) is 4.75. The smallest absolute Gasteiger partial charge is 0.356 e. The van der Waals surface area contributed by atoms with Gasteiger partial charge in [-0.1, -0.05) is 11.6 Å². The van der Waals surface area contributed by atoms with Gasteiger partial charge >= 0.3 is 5.97 Å². The number of ether oxygens (including phenoxy) is 1. The lowest BCUT2D eigenvalue weighted by Gasteiger charge is -2.26. The van der Waals surface area contributed by atoms with Crippen molar-refractivity contribution < 1.29 is 9.53 Å². The number of nitrogens with zero attached hydrogens (tertiary/aromatic N) is 2. The lowest BCUT2D eigenvalue weighted by atomic mass is 10.3. The van der Waals surface area contributed by atoms with Crippen LogP contribution >= 0.6 is 11.6 Å². The quantitative estimate of drug-likeness (QED) is 0.777. The molecule has 0 aliphatic carbocycles. The Balaban J connectivity index is 3.16. The van der Waals surface area contributed by atoms with Crippen LogP contribution in [0.3, 0.4) is 0 Å². The molecule has 0 aliphatic rings. The van der Waals surface area contributed by atoms with Gasteiger partial charge in [0.1, 0.15) is 5.82 Å². The third-order valence-corrected chi connectivity index (χ3v) is 2.65. The molecule has 0 amide bonds. The van der Waals surface area contributed by atoms with Gasteiger partial charge in [0.15, 0.2) is 5.69 Å². The molecule has 1 aromatic rings. The maximum Gasteiger partial charge on any atom is 0.356 e. The SMILES string of the molecule is CCN(c1cc(Cl)cc(C(=O)OC)n1)C(C)C. The van der Waals surface area contributed by atoms with E-state index in [0.717, 1.165) is 6.54 Å². The van der Waals surface area contributed by atoms with Gasteiger partial charge in [0.25, 0.3) is 0 Å². The molecular formula is C12H17ClN2O2. The zero-order chi connectivity index (χ0) is 13.0. The summed E-state index contributed by atoms with van der Waals surface area (Å²) in [5, 5.41) is 0.481. The Morgan fingerprint density at radius 1 is 1.53 bits per heavy atom. The molecule has 0 saturated heterocycles. The summed E-state index contributed by atoms with van der Waals surface area (Å²) < 4.78 is 4.64. The number of aromatic nitrogens is 1. The number of esters is 1. The Morgan fingerprint density at radius 3 is 2.65 bits per heavy atom. The molecule has 1 heterocycles. The number of hydrogen-bond acceptors (Lipinski definition) is 4. The van der Waals surface area contributed by atoms with E-state index in [4.69, 9.17) is 11.6 Å².